The van der Waals surface area contributed by atoms with Crippen molar-refractivity contribution >= 4 is 11.9 Å². The van der Waals surface area contributed by atoms with Crippen molar-refractivity contribution in [3.8, 4) is 0 Å². The van der Waals surface area contributed by atoms with E-state index in [1.165, 1.54) is 24.8 Å². The molecule has 1 aromatic heterocycles. The largest absolute Gasteiger partial charge is 0.353 e. The lowest BCUT2D eigenvalue weighted by atomic mass is 9.86. The number of anilines is 1. The van der Waals surface area contributed by atoms with Gasteiger partial charge in [0, 0.05) is 36.9 Å². The molecule has 2 fully saturated rings. The van der Waals surface area contributed by atoms with Gasteiger partial charge in [-0.2, -0.15) is 0 Å². The Labute approximate surface area is 131 Å². The Bertz CT molecular complexity index is 564. The number of carbonyl (C=O) groups excluding carboxylic acids is 1. The molecular formula is C17H24N4O. The molecule has 0 aromatic carbocycles. The van der Waals surface area contributed by atoms with Crippen molar-refractivity contribution in [3.63, 3.8) is 0 Å². The van der Waals surface area contributed by atoms with Crippen molar-refractivity contribution in [2.45, 2.75) is 57.4 Å². The van der Waals surface area contributed by atoms with E-state index >= 15 is 0 Å². The van der Waals surface area contributed by atoms with Crippen LogP contribution in [-0.4, -0.2) is 35.0 Å². The number of piperidine rings is 1. The van der Waals surface area contributed by atoms with Crippen LogP contribution in [0, 0.1) is 5.92 Å². The van der Waals surface area contributed by atoms with Crippen LogP contribution in [0.4, 0.5) is 5.95 Å². The third-order valence-electron chi connectivity index (χ3n) is 5.07. The molecule has 0 radical (unpaired) electrons. The number of hydrogen-bond acceptors (Lipinski definition) is 4. The molecule has 1 amide bonds. The second-order valence-electron chi connectivity index (χ2n) is 6.91. The number of amides is 1. The van der Waals surface area contributed by atoms with Crippen LogP contribution in [0.1, 0.15) is 49.8 Å². The zero-order valence-corrected chi connectivity index (χ0v) is 13.1. The molecule has 1 atom stereocenters. The van der Waals surface area contributed by atoms with Crippen molar-refractivity contribution in [2.24, 2.45) is 5.92 Å². The summed E-state index contributed by atoms with van der Waals surface area (Å²) in [4.78, 5) is 23.9. The van der Waals surface area contributed by atoms with Gasteiger partial charge >= 0.3 is 0 Å². The first-order valence-corrected chi connectivity index (χ1v) is 8.70. The predicted molar refractivity (Wildman–Crippen MR) is 84.8 cm³/mol. The lowest BCUT2D eigenvalue weighted by Gasteiger charge is -2.28. The third kappa shape index (κ3) is 2.94. The minimum Gasteiger partial charge on any atom is -0.353 e. The minimum atomic E-state index is 0.109. The number of aromatic nitrogens is 2. The van der Waals surface area contributed by atoms with Gasteiger partial charge < -0.3 is 10.2 Å². The highest BCUT2D eigenvalue weighted by Crippen LogP contribution is 2.27. The molecule has 1 saturated heterocycles. The Morgan fingerprint density at radius 3 is 2.77 bits per heavy atom. The van der Waals surface area contributed by atoms with Crippen LogP contribution in [0.25, 0.3) is 0 Å². The Balaban J connectivity index is 1.45. The van der Waals surface area contributed by atoms with Crippen LogP contribution < -0.4 is 10.2 Å². The Morgan fingerprint density at radius 1 is 1.18 bits per heavy atom. The molecule has 0 spiro atoms. The van der Waals surface area contributed by atoms with Gasteiger partial charge in [-0.25, -0.2) is 9.97 Å². The molecule has 1 saturated carbocycles. The van der Waals surface area contributed by atoms with Crippen molar-refractivity contribution < 1.29 is 4.79 Å². The molecule has 5 nitrogen and oxygen atoms in total. The summed E-state index contributed by atoms with van der Waals surface area (Å²) in [6, 6.07) is 0.451. The third-order valence-corrected chi connectivity index (χ3v) is 5.07. The zero-order valence-electron chi connectivity index (χ0n) is 13.1. The standard InChI is InChI=1S/C17H24N4O/c22-16(19-14-5-6-14)12-4-7-15-13(10-12)11-18-17(20-15)21-8-2-1-3-9-21/h11-12,14H,1-10H2,(H,19,22). The van der Waals surface area contributed by atoms with E-state index in [1.54, 1.807) is 0 Å². The molecule has 22 heavy (non-hydrogen) atoms. The zero-order chi connectivity index (χ0) is 14.9. The smallest absolute Gasteiger partial charge is 0.225 e. The van der Waals surface area contributed by atoms with E-state index in [0.717, 1.165) is 56.8 Å². The first kappa shape index (κ1) is 14.0. The summed E-state index contributed by atoms with van der Waals surface area (Å²) < 4.78 is 0. The topological polar surface area (TPSA) is 58.1 Å². The fourth-order valence-corrected chi connectivity index (χ4v) is 3.51. The van der Waals surface area contributed by atoms with Gasteiger partial charge in [-0.15, -0.1) is 0 Å². The number of nitrogens with one attached hydrogen (secondary N) is 1. The summed E-state index contributed by atoms with van der Waals surface area (Å²) in [5, 5.41) is 3.13. The van der Waals surface area contributed by atoms with E-state index in [0.29, 0.717) is 6.04 Å². The Kier molecular flexibility index (Phi) is 3.72. The Morgan fingerprint density at radius 2 is 2.00 bits per heavy atom. The monoisotopic (exact) mass is 300 g/mol. The quantitative estimate of drug-likeness (QED) is 0.925. The Hall–Kier alpha value is -1.65. The van der Waals surface area contributed by atoms with Gasteiger partial charge in [0.05, 0.1) is 0 Å². The molecule has 1 aliphatic heterocycles. The van der Waals surface area contributed by atoms with Crippen LogP contribution in [0.2, 0.25) is 0 Å². The summed E-state index contributed by atoms with van der Waals surface area (Å²) in [7, 11) is 0. The summed E-state index contributed by atoms with van der Waals surface area (Å²) in [5.41, 5.74) is 2.33. The number of aryl methyl sites for hydroxylation is 1. The molecule has 2 aliphatic carbocycles. The molecule has 1 unspecified atom stereocenters. The predicted octanol–water partition coefficient (Wildman–Crippen LogP) is 1.85. The van der Waals surface area contributed by atoms with Crippen molar-refractivity contribution in [3.05, 3.63) is 17.5 Å². The van der Waals surface area contributed by atoms with Gasteiger partial charge in [-0.3, -0.25) is 4.79 Å². The average Bonchev–Trinajstić information content (AvgIpc) is 3.38. The highest BCUT2D eigenvalue weighted by molar-refractivity contribution is 5.79. The summed E-state index contributed by atoms with van der Waals surface area (Å²) >= 11 is 0. The molecule has 1 aromatic rings. The maximum Gasteiger partial charge on any atom is 0.225 e. The van der Waals surface area contributed by atoms with E-state index in [2.05, 4.69) is 15.2 Å². The van der Waals surface area contributed by atoms with Gasteiger partial charge in [0.15, 0.2) is 0 Å². The molecule has 2 heterocycles. The number of nitrogens with zero attached hydrogens (tertiary/aromatic N) is 3. The molecule has 4 rings (SSSR count). The number of hydrogen-bond donors (Lipinski definition) is 1. The van der Waals surface area contributed by atoms with E-state index in [-0.39, 0.29) is 11.8 Å². The number of rotatable bonds is 3. The number of fused-ring (bicyclic) bond motifs is 1. The van der Waals surface area contributed by atoms with Gasteiger partial charge in [0.25, 0.3) is 0 Å². The van der Waals surface area contributed by atoms with Crippen LogP contribution in [0.15, 0.2) is 6.20 Å². The second-order valence-corrected chi connectivity index (χ2v) is 6.91. The lowest BCUT2D eigenvalue weighted by Crippen LogP contribution is -2.36. The number of carbonyl (C=O) groups is 1. The molecule has 0 bridgehead atoms. The van der Waals surface area contributed by atoms with Gasteiger partial charge in [-0.05, 0) is 56.9 Å². The second kappa shape index (κ2) is 5.86. The molecular weight excluding hydrogens is 276 g/mol. The fraction of sp³-hybridized carbons (Fsp3) is 0.706. The van der Waals surface area contributed by atoms with E-state index in [1.807, 2.05) is 6.20 Å². The van der Waals surface area contributed by atoms with Crippen molar-refractivity contribution in [1.82, 2.24) is 15.3 Å². The highest BCUT2D eigenvalue weighted by Gasteiger charge is 2.30. The van der Waals surface area contributed by atoms with Gasteiger partial charge in [0.2, 0.25) is 11.9 Å². The molecule has 5 heteroatoms. The average molecular weight is 300 g/mol. The van der Waals surface area contributed by atoms with E-state index in [4.69, 9.17) is 4.98 Å². The van der Waals surface area contributed by atoms with Crippen LogP contribution >= 0.6 is 0 Å². The SMILES string of the molecule is O=C(NC1CC1)C1CCc2nc(N3CCCCC3)ncc2C1. The lowest BCUT2D eigenvalue weighted by molar-refractivity contribution is -0.125. The highest BCUT2D eigenvalue weighted by atomic mass is 16.2. The maximum atomic E-state index is 12.2. The maximum absolute atomic E-state index is 12.2. The van der Waals surface area contributed by atoms with Crippen molar-refractivity contribution in [2.75, 3.05) is 18.0 Å². The first-order valence-electron chi connectivity index (χ1n) is 8.70. The first-order chi connectivity index (χ1) is 10.8. The van der Waals surface area contributed by atoms with Crippen molar-refractivity contribution in [1.29, 1.82) is 0 Å². The summed E-state index contributed by atoms with van der Waals surface area (Å²) in [6.07, 6.45) is 10.7. The molecule has 3 aliphatic rings. The molecule has 1 N–H and O–H groups in total. The minimum absolute atomic E-state index is 0.109. The molecule has 118 valence electrons. The summed E-state index contributed by atoms with van der Waals surface area (Å²) in [5.74, 6) is 1.23. The van der Waals surface area contributed by atoms with Crippen LogP contribution in [-0.2, 0) is 17.6 Å². The van der Waals surface area contributed by atoms with E-state index in [9.17, 15) is 4.79 Å². The van der Waals surface area contributed by atoms with Gasteiger partial charge in [-0.1, -0.05) is 0 Å². The van der Waals surface area contributed by atoms with Gasteiger partial charge in [0.1, 0.15) is 0 Å². The summed E-state index contributed by atoms with van der Waals surface area (Å²) in [6.45, 7) is 2.15. The van der Waals surface area contributed by atoms with Crippen LogP contribution in [0.3, 0.4) is 0 Å². The van der Waals surface area contributed by atoms with Crippen LogP contribution in [0.5, 0.6) is 0 Å². The van der Waals surface area contributed by atoms with E-state index < -0.39 is 0 Å². The normalized spacial score (nSPS) is 24.7. The fourth-order valence-electron chi connectivity index (χ4n) is 3.51.